The second-order valence-corrected chi connectivity index (χ2v) is 6.15. The maximum atomic E-state index is 11.6. The normalized spacial score (nSPS) is 12.2. The molecule has 0 heterocycles. The fourth-order valence-electron chi connectivity index (χ4n) is 0.597. The van der Waals surface area contributed by atoms with Crippen LogP contribution in [0.25, 0.3) is 0 Å². The number of unbranched alkanes of at least 4 members (excludes halogenated alkanes) is 1. The molecule has 0 aromatic carbocycles. The summed E-state index contributed by atoms with van der Waals surface area (Å²) >= 11 is 0. The molecule has 0 saturated carbocycles. The molecule has 20 heavy (non-hydrogen) atoms. The highest BCUT2D eigenvalue weighted by molar-refractivity contribution is 4.60. The van der Waals surface area contributed by atoms with E-state index in [1.54, 1.807) is 6.92 Å². The summed E-state index contributed by atoms with van der Waals surface area (Å²) in [4.78, 5) is 0. The van der Waals surface area contributed by atoms with Crippen LogP contribution in [0, 0.1) is 11.3 Å². The van der Waals surface area contributed by atoms with E-state index in [-0.39, 0.29) is 13.8 Å². The third-order valence-electron chi connectivity index (χ3n) is 2.84. The lowest BCUT2D eigenvalue weighted by Gasteiger charge is -2.13. The van der Waals surface area contributed by atoms with Gasteiger partial charge in [-0.1, -0.05) is 88.5 Å². The molecule has 0 nitrogen and oxygen atoms in total. The number of hydrogen-bond acceptors (Lipinski definition) is 0. The van der Waals surface area contributed by atoms with Gasteiger partial charge >= 0.3 is 6.18 Å². The number of alkyl halides is 3. The molecule has 0 spiro atoms. The number of rotatable bonds is 3. The van der Waals surface area contributed by atoms with Gasteiger partial charge in [0, 0.05) is 0 Å². The molecular formula is C17H39F3. The van der Waals surface area contributed by atoms with Crippen molar-refractivity contribution in [1.29, 1.82) is 0 Å². The van der Waals surface area contributed by atoms with Crippen LogP contribution < -0.4 is 0 Å². The van der Waals surface area contributed by atoms with Crippen molar-refractivity contribution < 1.29 is 13.2 Å². The fraction of sp³-hybridized carbons (Fsp3) is 1.00. The predicted octanol–water partition coefficient (Wildman–Crippen LogP) is 7.87. The maximum absolute atomic E-state index is 11.6. The van der Waals surface area contributed by atoms with E-state index in [4.69, 9.17) is 0 Å². The highest BCUT2D eigenvalue weighted by atomic mass is 19.4. The molecule has 0 bridgehead atoms. The molecule has 0 aliphatic heterocycles. The molecule has 0 amide bonds. The molecule has 0 rings (SSSR count). The Balaban J connectivity index is -0.000000102. The van der Waals surface area contributed by atoms with E-state index in [0.29, 0.717) is 11.8 Å². The predicted molar refractivity (Wildman–Crippen MR) is 87.2 cm³/mol. The summed E-state index contributed by atoms with van der Waals surface area (Å²) in [7, 11) is 0. The van der Waals surface area contributed by atoms with E-state index in [2.05, 4.69) is 41.5 Å². The van der Waals surface area contributed by atoms with Gasteiger partial charge in [0.25, 0.3) is 0 Å². The van der Waals surface area contributed by atoms with Crippen molar-refractivity contribution in [3.63, 3.8) is 0 Å². The highest BCUT2D eigenvalue weighted by Gasteiger charge is 2.34. The molecule has 3 heteroatoms. The molecule has 0 aliphatic carbocycles. The van der Waals surface area contributed by atoms with E-state index in [1.807, 2.05) is 0 Å². The Hall–Kier alpha value is -0.210. The van der Waals surface area contributed by atoms with Crippen LogP contribution in [0.15, 0.2) is 0 Å². The van der Waals surface area contributed by atoms with Gasteiger partial charge in [0.2, 0.25) is 0 Å². The summed E-state index contributed by atoms with van der Waals surface area (Å²) in [5, 5.41) is 0. The molecule has 0 saturated heterocycles. The van der Waals surface area contributed by atoms with Gasteiger partial charge in [0.05, 0.1) is 5.92 Å². The summed E-state index contributed by atoms with van der Waals surface area (Å²) in [6.07, 6.45) is 0.757. The van der Waals surface area contributed by atoms with Crippen LogP contribution in [-0.2, 0) is 0 Å². The lowest BCUT2D eigenvalue weighted by Crippen LogP contribution is -2.19. The second-order valence-electron chi connectivity index (χ2n) is 6.15. The minimum atomic E-state index is -3.99. The van der Waals surface area contributed by atoms with E-state index >= 15 is 0 Å². The summed E-state index contributed by atoms with van der Waals surface area (Å²) in [5.74, 6) is -1.14. The minimum absolute atomic E-state index is 0. The smallest absolute Gasteiger partial charge is 0.171 e. The zero-order valence-corrected chi connectivity index (χ0v) is 14.2. The average molecular weight is 300 g/mol. The Kier molecular flexibility index (Phi) is 21.3. The van der Waals surface area contributed by atoms with Crippen LogP contribution in [0.5, 0.6) is 0 Å². The third kappa shape index (κ3) is 30.7. The zero-order valence-electron chi connectivity index (χ0n) is 14.2. The van der Waals surface area contributed by atoms with Gasteiger partial charge < -0.3 is 0 Å². The first kappa shape index (κ1) is 28.0. The number of halogens is 3. The Bertz CT molecular complexity index is 164. The fourth-order valence-corrected chi connectivity index (χ4v) is 0.597. The van der Waals surface area contributed by atoms with Crippen molar-refractivity contribution in [3.05, 3.63) is 0 Å². The molecule has 0 fully saturated rings. The zero-order chi connectivity index (χ0) is 16.1. The van der Waals surface area contributed by atoms with Crippen LogP contribution in [0.1, 0.15) is 94.9 Å². The average Bonchev–Trinajstić information content (AvgIpc) is 2.28. The standard InChI is InChI=1S/C6H11F3.C6H14.C4H10.CH4/c1-3-4-5(2)6(7,8)9;1-5-6(2,3)4;1-3-4-2;/h5H,3-4H2,1-2H3;5H2,1-4H3;3-4H2,1-2H3;1H4. The first-order chi connectivity index (χ1) is 8.46. The van der Waals surface area contributed by atoms with Crippen LogP contribution in [0.4, 0.5) is 13.2 Å². The summed E-state index contributed by atoms with van der Waals surface area (Å²) in [6, 6.07) is 0. The molecule has 0 radical (unpaired) electrons. The van der Waals surface area contributed by atoms with Crippen molar-refractivity contribution >= 4 is 0 Å². The highest BCUT2D eigenvalue weighted by Crippen LogP contribution is 2.28. The SMILES string of the molecule is C.CCC(C)(C)C.CCCC.CCCC(C)C(F)(F)F. The lowest BCUT2D eigenvalue weighted by molar-refractivity contribution is -0.171. The monoisotopic (exact) mass is 300 g/mol. The Morgan fingerprint density at radius 3 is 1.15 bits per heavy atom. The van der Waals surface area contributed by atoms with Crippen molar-refractivity contribution in [1.82, 2.24) is 0 Å². The summed E-state index contributed by atoms with van der Waals surface area (Å²) in [5.41, 5.74) is 0.542. The number of hydrogen-bond donors (Lipinski definition) is 0. The third-order valence-corrected chi connectivity index (χ3v) is 2.84. The molecular weight excluding hydrogens is 261 g/mol. The quantitative estimate of drug-likeness (QED) is 0.497. The Morgan fingerprint density at radius 2 is 1.10 bits per heavy atom. The van der Waals surface area contributed by atoms with Crippen molar-refractivity contribution in [3.8, 4) is 0 Å². The van der Waals surface area contributed by atoms with Crippen LogP contribution in [0.3, 0.4) is 0 Å². The van der Waals surface area contributed by atoms with Crippen LogP contribution in [-0.4, -0.2) is 6.18 Å². The van der Waals surface area contributed by atoms with Crippen molar-refractivity contribution in [2.45, 2.75) is 101 Å². The van der Waals surface area contributed by atoms with Crippen molar-refractivity contribution in [2.75, 3.05) is 0 Å². The van der Waals surface area contributed by atoms with Gasteiger partial charge in [-0.05, 0) is 11.8 Å². The van der Waals surface area contributed by atoms with E-state index in [0.717, 1.165) is 0 Å². The summed E-state index contributed by atoms with van der Waals surface area (Å²) < 4.78 is 34.9. The van der Waals surface area contributed by atoms with Crippen molar-refractivity contribution in [2.24, 2.45) is 11.3 Å². The molecule has 0 N–H and O–H groups in total. The van der Waals surface area contributed by atoms with E-state index < -0.39 is 12.1 Å². The Labute approximate surface area is 126 Å². The van der Waals surface area contributed by atoms with Crippen LogP contribution in [0.2, 0.25) is 0 Å². The second kappa shape index (κ2) is 15.2. The first-order valence-corrected chi connectivity index (χ1v) is 7.52. The van der Waals surface area contributed by atoms with E-state index in [9.17, 15) is 13.2 Å². The Morgan fingerprint density at radius 1 is 0.800 bits per heavy atom. The van der Waals surface area contributed by atoms with Gasteiger partial charge in [-0.3, -0.25) is 0 Å². The lowest BCUT2D eigenvalue weighted by atomic mass is 9.94. The van der Waals surface area contributed by atoms with Gasteiger partial charge in [-0.15, -0.1) is 0 Å². The van der Waals surface area contributed by atoms with Crippen LogP contribution >= 0.6 is 0 Å². The molecule has 1 unspecified atom stereocenters. The molecule has 1 atom stereocenters. The molecule has 0 aromatic rings. The first-order valence-electron chi connectivity index (χ1n) is 7.52. The van der Waals surface area contributed by atoms with Gasteiger partial charge in [0.1, 0.15) is 0 Å². The van der Waals surface area contributed by atoms with Gasteiger partial charge in [0.15, 0.2) is 0 Å². The topological polar surface area (TPSA) is 0 Å². The maximum Gasteiger partial charge on any atom is 0.391 e. The molecule has 0 aliphatic rings. The summed E-state index contributed by atoms with van der Waals surface area (Å²) in [6.45, 7) is 16.3. The largest absolute Gasteiger partial charge is 0.391 e. The van der Waals surface area contributed by atoms with Gasteiger partial charge in [-0.2, -0.15) is 13.2 Å². The van der Waals surface area contributed by atoms with Gasteiger partial charge in [-0.25, -0.2) is 0 Å². The molecule has 128 valence electrons. The van der Waals surface area contributed by atoms with E-state index in [1.165, 1.54) is 26.2 Å². The minimum Gasteiger partial charge on any atom is -0.171 e. The molecule has 0 aromatic heterocycles.